The summed E-state index contributed by atoms with van der Waals surface area (Å²) in [6.07, 6.45) is 3.04. The van der Waals surface area contributed by atoms with Crippen LogP contribution in [0.15, 0.2) is 54.7 Å². The molecule has 0 radical (unpaired) electrons. The summed E-state index contributed by atoms with van der Waals surface area (Å²) >= 11 is 0. The molecule has 0 bridgehead atoms. The lowest BCUT2D eigenvalue weighted by molar-refractivity contribution is -0.384. The van der Waals surface area contributed by atoms with Gasteiger partial charge in [0.05, 0.1) is 17.0 Å². The average Bonchev–Trinajstić information content (AvgIpc) is 3.26. The summed E-state index contributed by atoms with van der Waals surface area (Å²) in [4.78, 5) is 31.0. The quantitative estimate of drug-likeness (QED) is 0.467. The van der Waals surface area contributed by atoms with Crippen LogP contribution in [0.3, 0.4) is 0 Å². The summed E-state index contributed by atoms with van der Waals surface area (Å²) in [7, 11) is 0. The second-order valence-electron chi connectivity index (χ2n) is 7.82. The number of piperazine rings is 1. The smallest absolute Gasteiger partial charge is 0.269 e. The number of fused-ring (bicyclic) bond motifs is 1. The third-order valence-corrected chi connectivity index (χ3v) is 6.08. The number of benzene rings is 2. The van der Waals surface area contributed by atoms with E-state index in [9.17, 15) is 14.9 Å². The number of amides is 1. The van der Waals surface area contributed by atoms with Gasteiger partial charge in [-0.3, -0.25) is 14.9 Å². The molecule has 1 aliphatic rings. The fourth-order valence-electron chi connectivity index (χ4n) is 4.61. The zero-order chi connectivity index (χ0) is 22.0. The van der Waals surface area contributed by atoms with E-state index in [1.807, 2.05) is 30.2 Å². The number of non-ortho nitro benzene ring substituents is 1. The molecule has 8 heteroatoms. The zero-order valence-corrected chi connectivity index (χ0v) is 17.5. The Kier molecular flexibility index (Phi) is 5.90. The highest BCUT2D eigenvalue weighted by atomic mass is 16.6. The van der Waals surface area contributed by atoms with E-state index < -0.39 is 4.92 Å². The van der Waals surface area contributed by atoms with E-state index in [4.69, 9.17) is 5.73 Å². The number of carbonyl (C=O) groups is 1. The first kappa shape index (κ1) is 20.9. The molecule has 3 N–H and O–H groups in total. The molecule has 0 aliphatic carbocycles. The van der Waals surface area contributed by atoms with Crippen molar-refractivity contribution in [2.24, 2.45) is 5.73 Å². The van der Waals surface area contributed by atoms with Crippen LogP contribution in [-0.2, 0) is 4.79 Å². The van der Waals surface area contributed by atoms with Crippen LogP contribution in [0, 0.1) is 10.1 Å². The highest BCUT2D eigenvalue weighted by molar-refractivity contribution is 5.81. The second kappa shape index (κ2) is 8.77. The number of aromatic nitrogens is 1. The topological polar surface area (TPSA) is 108 Å². The van der Waals surface area contributed by atoms with Gasteiger partial charge in [0.1, 0.15) is 0 Å². The normalized spacial score (nSPS) is 19.0. The van der Waals surface area contributed by atoms with Crippen molar-refractivity contribution in [3.05, 3.63) is 70.4 Å². The maximum Gasteiger partial charge on any atom is 0.269 e. The Morgan fingerprint density at radius 2 is 1.97 bits per heavy atom. The van der Waals surface area contributed by atoms with E-state index in [1.54, 1.807) is 12.1 Å². The molecule has 2 unspecified atom stereocenters. The molecule has 2 heterocycles. The molecular formula is C23H27N5O3. The van der Waals surface area contributed by atoms with Gasteiger partial charge in [0.25, 0.3) is 5.69 Å². The fraction of sp³-hybridized carbons (Fsp3) is 0.348. The number of H-pyrrole nitrogens is 1. The standard InChI is InChI=1S/C23H27N5O3/c1-2-22(29)27-14-13-26(18-4-6-19(7-5-18)28(30)31)21(9-11-24)23(27)17-3-8-20-16(15-17)10-12-25-20/h3-8,10,12,15,21,23,25H,2,9,11,13-14,24H2,1H3. The number of carbonyl (C=O) groups excluding carboxylic acids is 1. The van der Waals surface area contributed by atoms with Gasteiger partial charge in [-0.05, 0) is 54.2 Å². The molecular weight excluding hydrogens is 394 g/mol. The van der Waals surface area contributed by atoms with Gasteiger partial charge < -0.3 is 20.5 Å². The van der Waals surface area contributed by atoms with Crippen LogP contribution < -0.4 is 10.6 Å². The van der Waals surface area contributed by atoms with Crippen LogP contribution in [0.1, 0.15) is 31.4 Å². The molecule has 1 amide bonds. The van der Waals surface area contributed by atoms with Crippen LogP contribution in [0.2, 0.25) is 0 Å². The van der Waals surface area contributed by atoms with Crippen molar-refractivity contribution < 1.29 is 9.72 Å². The van der Waals surface area contributed by atoms with Crippen molar-refractivity contribution in [2.45, 2.75) is 31.8 Å². The van der Waals surface area contributed by atoms with E-state index in [0.29, 0.717) is 32.5 Å². The predicted octanol–water partition coefficient (Wildman–Crippen LogP) is 3.59. The monoisotopic (exact) mass is 421 g/mol. The van der Waals surface area contributed by atoms with Crippen LogP contribution in [0.25, 0.3) is 10.9 Å². The van der Waals surface area contributed by atoms with E-state index in [0.717, 1.165) is 22.2 Å². The molecule has 1 fully saturated rings. The number of hydrogen-bond acceptors (Lipinski definition) is 5. The SMILES string of the molecule is CCC(=O)N1CCN(c2ccc([N+](=O)[O-])cc2)C(CCN)C1c1ccc2[nH]ccc2c1. The Labute approximate surface area is 180 Å². The van der Waals surface area contributed by atoms with Crippen molar-refractivity contribution in [2.75, 3.05) is 24.5 Å². The Morgan fingerprint density at radius 3 is 2.65 bits per heavy atom. The number of hydrogen-bond donors (Lipinski definition) is 2. The van der Waals surface area contributed by atoms with Crippen LogP contribution in [-0.4, -0.2) is 46.4 Å². The van der Waals surface area contributed by atoms with Gasteiger partial charge in [0.2, 0.25) is 5.91 Å². The van der Waals surface area contributed by atoms with Gasteiger partial charge in [-0.25, -0.2) is 0 Å². The molecule has 0 spiro atoms. The van der Waals surface area contributed by atoms with E-state index >= 15 is 0 Å². The Balaban J connectivity index is 1.76. The number of nitrogens with zero attached hydrogens (tertiary/aromatic N) is 3. The molecule has 3 aromatic rings. The van der Waals surface area contributed by atoms with Crippen LogP contribution in [0.4, 0.5) is 11.4 Å². The maximum atomic E-state index is 12.9. The van der Waals surface area contributed by atoms with Gasteiger partial charge in [0.15, 0.2) is 0 Å². The molecule has 2 aromatic carbocycles. The lowest BCUT2D eigenvalue weighted by Crippen LogP contribution is -2.57. The summed E-state index contributed by atoms with van der Waals surface area (Å²) in [6, 6.07) is 14.7. The molecule has 8 nitrogen and oxygen atoms in total. The largest absolute Gasteiger partial charge is 0.364 e. The van der Waals surface area contributed by atoms with Gasteiger partial charge in [-0.2, -0.15) is 0 Å². The number of anilines is 1. The van der Waals surface area contributed by atoms with Crippen molar-refractivity contribution in [3.8, 4) is 0 Å². The summed E-state index contributed by atoms with van der Waals surface area (Å²) in [5.74, 6) is 0.115. The van der Waals surface area contributed by atoms with E-state index in [2.05, 4.69) is 22.0 Å². The van der Waals surface area contributed by atoms with Crippen molar-refractivity contribution in [3.63, 3.8) is 0 Å². The minimum absolute atomic E-state index is 0.0351. The lowest BCUT2D eigenvalue weighted by Gasteiger charge is -2.49. The Hall–Kier alpha value is -3.39. The highest BCUT2D eigenvalue weighted by Crippen LogP contribution is 2.37. The van der Waals surface area contributed by atoms with E-state index in [-0.39, 0.29) is 23.7 Å². The molecule has 0 saturated carbocycles. The van der Waals surface area contributed by atoms with E-state index in [1.165, 1.54) is 12.1 Å². The van der Waals surface area contributed by atoms with Crippen molar-refractivity contribution in [1.82, 2.24) is 9.88 Å². The number of rotatable bonds is 6. The molecule has 162 valence electrons. The minimum atomic E-state index is -0.395. The highest BCUT2D eigenvalue weighted by Gasteiger charge is 2.39. The number of nitrogens with one attached hydrogen (secondary N) is 1. The number of nitro groups is 1. The van der Waals surface area contributed by atoms with Gasteiger partial charge in [0, 0.05) is 49.0 Å². The van der Waals surface area contributed by atoms with Crippen LogP contribution in [0.5, 0.6) is 0 Å². The molecule has 4 rings (SSSR count). The first-order valence-corrected chi connectivity index (χ1v) is 10.6. The lowest BCUT2D eigenvalue weighted by atomic mass is 9.90. The van der Waals surface area contributed by atoms with Gasteiger partial charge in [-0.15, -0.1) is 0 Å². The van der Waals surface area contributed by atoms with Crippen LogP contribution >= 0.6 is 0 Å². The first-order valence-electron chi connectivity index (χ1n) is 10.6. The molecule has 2 atom stereocenters. The van der Waals surface area contributed by atoms with Gasteiger partial charge >= 0.3 is 0 Å². The number of nitrogens with two attached hydrogens (primary N) is 1. The van der Waals surface area contributed by atoms with Gasteiger partial charge in [-0.1, -0.05) is 13.0 Å². The summed E-state index contributed by atoms with van der Waals surface area (Å²) in [5.41, 5.74) is 9.09. The number of aromatic amines is 1. The second-order valence-corrected chi connectivity index (χ2v) is 7.82. The third kappa shape index (κ3) is 3.98. The molecule has 1 saturated heterocycles. The average molecular weight is 422 g/mol. The fourth-order valence-corrected chi connectivity index (χ4v) is 4.61. The number of nitro benzene ring substituents is 1. The molecule has 1 aliphatic heterocycles. The van der Waals surface area contributed by atoms with Crippen molar-refractivity contribution in [1.29, 1.82) is 0 Å². The zero-order valence-electron chi connectivity index (χ0n) is 17.5. The summed E-state index contributed by atoms with van der Waals surface area (Å²) < 4.78 is 0. The minimum Gasteiger partial charge on any atom is -0.364 e. The summed E-state index contributed by atoms with van der Waals surface area (Å²) in [6.45, 7) is 3.60. The molecule has 1 aromatic heterocycles. The predicted molar refractivity (Wildman–Crippen MR) is 121 cm³/mol. The Morgan fingerprint density at radius 1 is 1.19 bits per heavy atom. The summed E-state index contributed by atoms with van der Waals surface area (Å²) in [5, 5.41) is 12.2. The van der Waals surface area contributed by atoms with Crippen molar-refractivity contribution >= 4 is 28.2 Å². The molecule has 31 heavy (non-hydrogen) atoms. The maximum absolute atomic E-state index is 12.9. The Bertz CT molecular complexity index is 1080. The third-order valence-electron chi connectivity index (χ3n) is 6.08. The first-order chi connectivity index (χ1) is 15.0.